The fraction of sp³-hybridized carbons (Fsp3) is 0.250. The molecule has 0 spiro atoms. The molecule has 136 valence electrons. The first-order valence-corrected chi connectivity index (χ1v) is 11.1. The van der Waals surface area contributed by atoms with Crippen LogP contribution >= 0.6 is 39.5 Å². The van der Waals surface area contributed by atoms with Gasteiger partial charge in [-0.3, -0.25) is 0 Å². The molecule has 0 unspecified atom stereocenters. The zero-order chi connectivity index (χ0) is 18.4. The molecule has 0 aromatic heterocycles. The van der Waals surface area contributed by atoms with Crippen molar-refractivity contribution < 1.29 is 14.3 Å². The van der Waals surface area contributed by atoms with Crippen molar-refractivity contribution in [2.24, 2.45) is 0 Å². The molecule has 6 heteroatoms. The first-order chi connectivity index (χ1) is 12.7. The van der Waals surface area contributed by atoms with E-state index in [9.17, 15) is 4.79 Å². The Morgan fingerprint density at radius 1 is 1.12 bits per heavy atom. The average molecular weight is 451 g/mol. The standard InChI is InChI=1S/C20H19BrO3S2/c1-23-18-13-15(20-25-11-2-12-26-20)6-9-17(18)24-19(22)10-5-14-3-7-16(21)8-4-14/h3-10,13,20H,2,11-12H2,1H3/b10-5+. The van der Waals surface area contributed by atoms with Gasteiger partial charge >= 0.3 is 5.97 Å². The molecule has 1 fully saturated rings. The zero-order valence-electron chi connectivity index (χ0n) is 14.3. The number of carbonyl (C=O) groups excluding carboxylic acids is 1. The first-order valence-electron chi connectivity index (χ1n) is 8.22. The van der Waals surface area contributed by atoms with Gasteiger partial charge in [0, 0.05) is 10.5 Å². The normalized spacial score (nSPS) is 15.2. The maximum atomic E-state index is 12.1. The van der Waals surface area contributed by atoms with E-state index in [0.717, 1.165) is 10.0 Å². The summed E-state index contributed by atoms with van der Waals surface area (Å²) < 4.78 is 12.3. The highest BCUT2D eigenvalue weighted by molar-refractivity contribution is 9.10. The van der Waals surface area contributed by atoms with Crippen LogP contribution in [0.2, 0.25) is 0 Å². The monoisotopic (exact) mass is 450 g/mol. The molecule has 0 bridgehead atoms. The molecule has 0 amide bonds. The van der Waals surface area contributed by atoms with Crippen LogP contribution in [0.5, 0.6) is 11.5 Å². The second-order valence-electron chi connectivity index (χ2n) is 5.64. The average Bonchev–Trinajstić information content (AvgIpc) is 2.68. The van der Waals surface area contributed by atoms with Crippen molar-refractivity contribution in [1.82, 2.24) is 0 Å². The van der Waals surface area contributed by atoms with Crippen LogP contribution in [0.15, 0.2) is 53.0 Å². The molecule has 3 nitrogen and oxygen atoms in total. The third-order valence-electron chi connectivity index (χ3n) is 3.78. The van der Waals surface area contributed by atoms with Gasteiger partial charge in [-0.05, 0) is 59.4 Å². The van der Waals surface area contributed by atoms with Crippen molar-refractivity contribution in [3.05, 3.63) is 64.1 Å². The van der Waals surface area contributed by atoms with Crippen molar-refractivity contribution in [1.29, 1.82) is 0 Å². The second kappa shape index (κ2) is 9.53. The Morgan fingerprint density at radius 3 is 2.54 bits per heavy atom. The van der Waals surface area contributed by atoms with E-state index in [0.29, 0.717) is 16.1 Å². The molecule has 2 aromatic rings. The van der Waals surface area contributed by atoms with Crippen LogP contribution in [0.1, 0.15) is 22.1 Å². The lowest BCUT2D eigenvalue weighted by Gasteiger charge is -2.22. The van der Waals surface area contributed by atoms with Crippen LogP contribution in [0.25, 0.3) is 6.08 Å². The number of hydrogen-bond donors (Lipinski definition) is 0. The number of benzene rings is 2. The first kappa shape index (κ1) is 19.4. The summed E-state index contributed by atoms with van der Waals surface area (Å²) in [6.45, 7) is 0. The van der Waals surface area contributed by atoms with E-state index >= 15 is 0 Å². The third-order valence-corrected chi connectivity index (χ3v) is 7.32. The van der Waals surface area contributed by atoms with Crippen molar-refractivity contribution in [3.63, 3.8) is 0 Å². The second-order valence-corrected chi connectivity index (χ2v) is 9.28. The zero-order valence-corrected chi connectivity index (χ0v) is 17.5. The Bertz CT molecular complexity index is 784. The van der Waals surface area contributed by atoms with Crippen LogP contribution in [-0.4, -0.2) is 24.6 Å². The minimum absolute atomic E-state index is 0.416. The summed E-state index contributed by atoms with van der Waals surface area (Å²) in [6, 6.07) is 13.5. The molecule has 0 saturated carbocycles. The molecule has 3 rings (SSSR count). The molecule has 0 aliphatic carbocycles. The fourth-order valence-corrected chi connectivity index (χ4v) is 5.61. The Labute approximate surface area is 170 Å². The van der Waals surface area contributed by atoms with Gasteiger partial charge in [0.15, 0.2) is 11.5 Å². The van der Waals surface area contributed by atoms with Gasteiger partial charge in [0.2, 0.25) is 0 Å². The van der Waals surface area contributed by atoms with Crippen LogP contribution in [0.4, 0.5) is 0 Å². The molecule has 1 aliphatic heterocycles. The largest absolute Gasteiger partial charge is 0.493 e. The SMILES string of the molecule is COc1cc(C2SCCCS2)ccc1OC(=O)/C=C/c1ccc(Br)cc1. The van der Waals surface area contributed by atoms with Gasteiger partial charge in [-0.25, -0.2) is 4.79 Å². The number of thioether (sulfide) groups is 2. The minimum Gasteiger partial charge on any atom is -0.493 e. The van der Waals surface area contributed by atoms with Crippen LogP contribution < -0.4 is 9.47 Å². The topological polar surface area (TPSA) is 35.5 Å². The van der Waals surface area contributed by atoms with Gasteiger partial charge < -0.3 is 9.47 Å². The maximum absolute atomic E-state index is 12.1. The Morgan fingerprint density at radius 2 is 1.85 bits per heavy atom. The Balaban J connectivity index is 1.68. The van der Waals surface area contributed by atoms with E-state index in [1.807, 2.05) is 66.0 Å². The summed E-state index contributed by atoms with van der Waals surface area (Å²) in [5.74, 6) is 2.95. The van der Waals surface area contributed by atoms with E-state index in [2.05, 4.69) is 15.9 Å². The Kier molecular flexibility index (Phi) is 7.11. The highest BCUT2D eigenvalue weighted by atomic mass is 79.9. The molecule has 2 aromatic carbocycles. The summed E-state index contributed by atoms with van der Waals surface area (Å²) in [5.41, 5.74) is 2.13. The highest BCUT2D eigenvalue weighted by Gasteiger charge is 2.19. The number of carbonyl (C=O) groups is 1. The number of methoxy groups -OCH3 is 1. The highest BCUT2D eigenvalue weighted by Crippen LogP contribution is 2.45. The minimum atomic E-state index is -0.430. The van der Waals surface area contributed by atoms with E-state index < -0.39 is 5.97 Å². The van der Waals surface area contributed by atoms with E-state index in [1.54, 1.807) is 13.2 Å². The maximum Gasteiger partial charge on any atom is 0.336 e. The van der Waals surface area contributed by atoms with Crippen molar-refractivity contribution >= 4 is 51.5 Å². The molecule has 0 radical (unpaired) electrons. The van der Waals surface area contributed by atoms with Crippen molar-refractivity contribution in [2.45, 2.75) is 11.0 Å². The van der Waals surface area contributed by atoms with Crippen LogP contribution in [0.3, 0.4) is 0 Å². The van der Waals surface area contributed by atoms with E-state index in [4.69, 9.17) is 9.47 Å². The molecule has 26 heavy (non-hydrogen) atoms. The van der Waals surface area contributed by atoms with Gasteiger partial charge in [0.1, 0.15) is 0 Å². The molecular weight excluding hydrogens is 432 g/mol. The number of ether oxygens (including phenoxy) is 2. The lowest BCUT2D eigenvalue weighted by molar-refractivity contribution is -0.129. The number of hydrogen-bond acceptors (Lipinski definition) is 5. The molecule has 0 N–H and O–H groups in total. The summed E-state index contributed by atoms with van der Waals surface area (Å²) in [7, 11) is 1.59. The number of rotatable bonds is 5. The van der Waals surface area contributed by atoms with Gasteiger partial charge in [-0.1, -0.05) is 34.1 Å². The van der Waals surface area contributed by atoms with E-state index in [-0.39, 0.29) is 0 Å². The fourth-order valence-electron chi connectivity index (χ4n) is 2.48. The lowest BCUT2D eigenvalue weighted by Crippen LogP contribution is -2.06. The van der Waals surface area contributed by atoms with Crippen molar-refractivity contribution in [2.75, 3.05) is 18.6 Å². The molecule has 1 saturated heterocycles. The third kappa shape index (κ3) is 5.32. The number of esters is 1. The van der Waals surface area contributed by atoms with Crippen LogP contribution in [0, 0.1) is 0 Å². The van der Waals surface area contributed by atoms with Gasteiger partial charge in [0.05, 0.1) is 11.7 Å². The quantitative estimate of drug-likeness (QED) is 0.319. The number of halogens is 1. The van der Waals surface area contributed by atoms with Crippen molar-refractivity contribution in [3.8, 4) is 11.5 Å². The predicted octanol–water partition coefficient (Wildman–Crippen LogP) is 5.95. The summed E-state index contributed by atoms with van der Waals surface area (Å²) in [5, 5.41) is 0. The molecule has 1 heterocycles. The van der Waals surface area contributed by atoms with Gasteiger partial charge in [-0.15, -0.1) is 23.5 Å². The van der Waals surface area contributed by atoms with Gasteiger partial charge in [0.25, 0.3) is 0 Å². The summed E-state index contributed by atoms with van der Waals surface area (Å²) in [4.78, 5) is 12.1. The molecule has 0 atom stereocenters. The van der Waals surface area contributed by atoms with Crippen LogP contribution in [-0.2, 0) is 4.79 Å². The predicted molar refractivity (Wildman–Crippen MR) is 114 cm³/mol. The molecule has 1 aliphatic rings. The summed E-state index contributed by atoms with van der Waals surface area (Å²) >= 11 is 7.28. The molecular formula is C20H19BrO3S2. The van der Waals surface area contributed by atoms with E-state index in [1.165, 1.54) is 29.6 Å². The van der Waals surface area contributed by atoms with Gasteiger partial charge in [-0.2, -0.15) is 0 Å². The smallest absolute Gasteiger partial charge is 0.336 e. The Hall–Kier alpha value is -1.37. The summed E-state index contributed by atoms with van der Waals surface area (Å²) in [6.07, 6.45) is 4.40. The lowest BCUT2D eigenvalue weighted by atomic mass is 10.2.